The van der Waals surface area contributed by atoms with Crippen LogP contribution in [0.15, 0.2) is 48.8 Å². The normalized spacial score (nSPS) is 14.7. The van der Waals surface area contributed by atoms with Crippen molar-refractivity contribution in [2.45, 2.75) is 25.8 Å². The molecule has 3 heterocycles. The summed E-state index contributed by atoms with van der Waals surface area (Å²) < 4.78 is 11.2. The van der Waals surface area contributed by atoms with Gasteiger partial charge in [0.2, 0.25) is 0 Å². The number of pyridine rings is 2. The summed E-state index contributed by atoms with van der Waals surface area (Å²) in [5.41, 5.74) is 3.20. The van der Waals surface area contributed by atoms with Crippen LogP contribution in [0.5, 0.6) is 17.4 Å². The van der Waals surface area contributed by atoms with Crippen LogP contribution in [-0.4, -0.2) is 54.1 Å². The number of hydrogen-bond acceptors (Lipinski definition) is 6. The van der Waals surface area contributed by atoms with Gasteiger partial charge < -0.3 is 19.7 Å². The quantitative estimate of drug-likeness (QED) is 0.566. The number of nitrogens with zero attached hydrogens (tertiary/aromatic N) is 3. The Hall–Kier alpha value is -3.16. The summed E-state index contributed by atoms with van der Waals surface area (Å²) in [5, 5.41) is 3.63. The maximum atomic E-state index is 12.8. The molecule has 2 aromatic heterocycles. The lowest BCUT2D eigenvalue weighted by Crippen LogP contribution is -2.43. The molecule has 1 aromatic carbocycles. The van der Waals surface area contributed by atoms with Gasteiger partial charge in [0.1, 0.15) is 5.75 Å². The first kappa shape index (κ1) is 23.0. The fourth-order valence-corrected chi connectivity index (χ4v) is 4.04. The molecule has 172 valence electrons. The van der Waals surface area contributed by atoms with E-state index in [0.717, 1.165) is 42.8 Å². The third-order valence-corrected chi connectivity index (χ3v) is 5.96. The lowest BCUT2D eigenvalue weighted by molar-refractivity contribution is 0.0916. The number of likely N-dealkylation sites (tertiary alicyclic amines) is 1. The van der Waals surface area contributed by atoms with E-state index in [1.165, 1.54) is 13.3 Å². The maximum Gasteiger partial charge on any atom is 0.257 e. The second kappa shape index (κ2) is 10.2. The monoisotopic (exact) mass is 466 g/mol. The van der Waals surface area contributed by atoms with Gasteiger partial charge in [-0.3, -0.25) is 9.78 Å². The van der Waals surface area contributed by atoms with Crippen LogP contribution in [-0.2, 0) is 0 Å². The smallest absolute Gasteiger partial charge is 0.257 e. The summed E-state index contributed by atoms with van der Waals surface area (Å²) in [4.78, 5) is 23.7. The van der Waals surface area contributed by atoms with Crippen LogP contribution < -0.4 is 14.8 Å². The Kier molecular flexibility index (Phi) is 7.11. The van der Waals surface area contributed by atoms with Gasteiger partial charge in [-0.2, -0.15) is 0 Å². The number of carbonyl (C=O) groups excluding carboxylic acids is 1. The minimum absolute atomic E-state index is 0.0285. The molecular weight excluding hydrogens is 440 g/mol. The number of amides is 1. The number of piperidine rings is 1. The van der Waals surface area contributed by atoms with Crippen LogP contribution in [0.4, 0.5) is 0 Å². The van der Waals surface area contributed by atoms with E-state index < -0.39 is 0 Å². The second-order valence-electron chi connectivity index (χ2n) is 8.22. The largest absolute Gasteiger partial charge is 0.478 e. The highest BCUT2D eigenvalue weighted by Gasteiger charge is 2.20. The SMILES string of the molecule is COc1ncc(Cl)cc1Oc1ccnc(-c2ccc(C(=O)NC3CCN(C)CC3)c(C)c2)c1. The van der Waals surface area contributed by atoms with Crippen molar-refractivity contribution in [2.24, 2.45) is 0 Å². The molecule has 1 N–H and O–H groups in total. The Morgan fingerprint density at radius 1 is 1.15 bits per heavy atom. The van der Waals surface area contributed by atoms with Gasteiger partial charge in [-0.05, 0) is 63.7 Å². The molecule has 0 unspecified atom stereocenters. The molecule has 3 aromatic rings. The van der Waals surface area contributed by atoms with Crippen molar-refractivity contribution >= 4 is 17.5 Å². The summed E-state index contributed by atoms with van der Waals surface area (Å²) in [6.07, 6.45) is 5.12. The highest BCUT2D eigenvalue weighted by atomic mass is 35.5. The number of aromatic nitrogens is 2. The van der Waals surface area contributed by atoms with Crippen molar-refractivity contribution in [3.05, 3.63) is 64.9 Å². The number of nitrogens with one attached hydrogen (secondary N) is 1. The van der Waals surface area contributed by atoms with Crippen LogP contribution in [0.3, 0.4) is 0 Å². The van der Waals surface area contributed by atoms with Crippen molar-refractivity contribution < 1.29 is 14.3 Å². The van der Waals surface area contributed by atoms with E-state index in [1.807, 2.05) is 31.2 Å². The van der Waals surface area contributed by atoms with Crippen LogP contribution >= 0.6 is 11.6 Å². The summed E-state index contributed by atoms with van der Waals surface area (Å²) in [6.45, 7) is 3.95. The van der Waals surface area contributed by atoms with Gasteiger partial charge in [0.15, 0.2) is 5.75 Å². The first-order valence-electron chi connectivity index (χ1n) is 10.9. The average Bonchev–Trinajstić information content (AvgIpc) is 2.81. The lowest BCUT2D eigenvalue weighted by atomic mass is 10.0. The lowest BCUT2D eigenvalue weighted by Gasteiger charge is -2.29. The fraction of sp³-hybridized carbons (Fsp3) is 0.320. The number of aryl methyl sites for hydroxylation is 1. The van der Waals surface area contributed by atoms with Gasteiger partial charge in [0, 0.05) is 41.7 Å². The summed E-state index contributed by atoms with van der Waals surface area (Å²) >= 11 is 6.05. The zero-order valence-electron chi connectivity index (χ0n) is 19.0. The summed E-state index contributed by atoms with van der Waals surface area (Å²) in [7, 11) is 3.63. The zero-order chi connectivity index (χ0) is 23.4. The number of rotatable bonds is 6. The number of hydrogen-bond donors (Lipinski definition) is 1. The molecule has 33 heavy (non-hydrogen) atoms. The van der Waals surface area contributed by atoms with Gasteiger partial charge in [0.25, 0.3) is 11.8 Å². The van der Waals surface area contributed by atoms with Crippen molar-refractivity contribution in [1.29, 1.82) is 0 Å². The first-order valence-corrected chi connectivity index (χ1v) is 11.2. The summed E-state index contributed by atoms with van der Waals surface area (Å²) in [5.74, 6) is 1.30. The standard InChI is InChI=1S/C25H27ClN4O3/c1-16-12-17(4-5-21(16)24(31)29-19-7-10-30(2)11-8-19)22-14-20(6-9-27-22)33-23-13-18(26)15-28-25(23)32-3/h4-6,9,12-15,19H,7-8,10-11H2,1-3H3,(H,29,31). The molecule has 8 heteroatoms. The van der Waals surface area contributed by atoms with Crippen LogP contribution in [0.2, 0.25) is 5.02 Å². The van der Waals surface area contributed by atoms with Crippen LogP contribution in [0.25, 0.3) is 11.3 Å². The first-order chi connectivity index (χ1) is 15.9. The van der Waals surface area contributed by atoms with Gasteiger partial charge >= 0.3 is 0 Å². The Morgan fingerprint density at radius 3 is 2.67 bits per heavy atom. The third kappa shape index (κ3) is 5.61. The molecule has 1 fully saturated rings. The molecule has 0 bridgehead atoms. The zero-order valence-corrected chi connectivity index (χ0v) is 19.7. The van der Waals surface area contributed by atoms with Crippen LogP contribution in [0, 0.1) is 6.92 Å². The average molecular weight is 467 g/mol. The number of carbonyl (C=O) groups is 1. The minimum atomic E-state index is -0.0285. The molecule has 7 nitrogen and oxygen atoms in total. The highest BCUT2D eigenvalue weighted by molar-refractivity contribution is 6.30. The van der Waals surface area contributed by atoms with E-state index in [1.54, 1.807) is 18.3 Å². The highest BCUT2D eigenvalue weighted by Crippen LogP contribution is 2.33. The predicted octanol–water partition coefficient (Wildman–Crippen LogP) is 4.73. The second-order valence-corrected chi connectivity index (χ2v) is 8.66. The van der Waals surface area contributed by atoms with E-state index in [9.17, 15) is 4.79 Å². The fourth-order valence-electron chi connectivity index (χ4n) is 3.89. The molecule has 0 saturated carbocycles. The number of benzene rings is 1. The molecule has 0 spiro atoms. The van der Waals surface area contributed by atoms with Gasteiger partial charge in [-0.1, -0.05) is 17.7 Å². The molecule has 1 aliphatic heterocycles. The Balaban J connectivity index is 1.50. The molecule has 1 aliphatic rings. The third-order valence-electron chi connectivity index (χ3n) is 5.76. The Labute approximate surface area is 198 Å². The summed E-state index contributed by atoms with van der Waals surface area (Å²) in [6, 6.07) is 11.2. The minimum Gasteiger partial charge on any atom is -0.478 e. The van der Waals surface area contributed by atoms with Crippen molar-refractivity contribution in [3.8, 4) is 28.6 Å². The molecule has 4 rings (SSSR count). The molecule has 1 saturated heterocycles. The van der Waals surface area contributed by atoms with E-state index in [2.05, 4.69) is 27.2 Å². The molecule has 0 aliphatic carbocycles. The van der Waals surface area contributed by atoms with Crippen molar-refractivity contribution in [2.75, 3.05) is 27.2 Å². The van der Waals surface area contributed by atoms with Crippen molar-refractivity contribution in [1.82, 2.24) is 20.2 Å². The van der Waals surface area contributed by atoms with Crippen molar-refractivity contribution in [3.63, 3.8) is 0 Å². The Morgan fingerprint density at radius 2 is 1.94 bits per heavy atom. The van der Waals surface area contributed by atoms with E-state index in [-0.39, 0.29) is 11.9 Å². The van der Waals surface area contributed by atoms with Crippen LogP contribution in [0.1, 0.15) is 28.8 Å². The van der Waals surface area contributed by atoms with E-state index >= 15 is 0 Å². The molecule has 0 atom stereocenters. The Bertz CT molecular complexity index is 1150. The number of ether oxygens (including phenoxy) is 2. The van der Waals surface area contributed by atoms with Gasteiger partial charge in [0.05, 0.1) is 17.8 Å². The number of halogens is 1. The topological polar surface area (TPSA) is 76.6 Å². The maximum absolute atomic E-state index is 12.8. The molecular formula is C25H27ClN4O3. The van der Waals surface area contributed by atoms with E-state index in [4.69, 9.17) is 21.1 Å². The molecule has 1 amide bonds. The van der Waals surface area contributed by atoms with Gasteiger partial charge in [-0.15, -0.1) is 0 Å². The predicted molar refractivity (Wildman–Crippen MR) is 128 cm³/mol. The number of methoxy groups -OCH3 is 1. The van der Waals surface area contributed by atoms with Gasteiger partial charge in [-0.25, -0.2) is 4.98 Å². The molecule has 0 radical (unpaired) electrons. The van der Waals surface area contributed by atoms with E-state index in [0.29, 0.717) is 28.0 Å².